The van der Waals surface area contributed by atoms with Crippen molar-refractivity contribution in [2.75, 3.05) is 19.8 Å². The standard InChI is InChI=1S/C12H22N2O2/c1-10(2)14-12(3,9-13)5-7-16-11-4-6-15-8-11/h10-11,14H,4-8H2,1-3H3. The maximum absolute atomic E-state index is 9.13. The summed E-state index contributed by atoms with van der Waals surface area (Å²) in [5.41, 5.74) is -0.492. The van der Waals surface area contributed by atoms with E-state index in [1.807, 2.05) is 20.8 Å². The van der Waals surface area contributed by atoms with Gasteiger partial charge in [0, 0.05) is 25.7 Å². The SMILES string of the molecule is CC(C)NC(C)(C#N)CCOC1CCOC1. The number of nitrogens with zero attached hydrogens (tertiary/aromatic N) is 1. The Morgan fingerprint density at radius 3 is 2.88 bits per heavy atom. The van der Waals surface area contributed by atoms with E-state index < -0.39 is 5.54 Å². The lowest BCUT2D eigenvalue weighted by molar-refractivity contribution is 0.0345. The Morgan fingerprint density at radius 1 is 1.62 bits per heavy atom. The minimum absolute atomic E-state index is 0.224. The van der Waals surface area contributed by atoms with Crippen LogP contribution in [0.15, 0.2) is 0 Å². The summed E-state index contributed by atoms with van der Waals surface area (Å²) in [5.74, 6) is 0. The summed E-state index contributed by atoms with van der Waals surface area (Å²) in [4.78, 5) is 0. The van der Waals surface area contributed by atoms with Gasteiger partial charge in [-0.3, -0.25) is 5.32 Å². The van der Waals surface area contributed by atoms with Crippen LogP contribution >= 0.6 is 0 Å². The molecular weight excluding hydrogens is 204 g/mol. The van der Waals surface area contributed by atoms with Gasteiger partial charge in [-0.2, -0.15) is 5.26 Å². The third kappa shape index (κ3) is 4.48. The molecule has 1 aliphatic heterocycles. The van der Waals surface area contributed by atoms with Gasteiger partial charge in [-0.05, 0) is 27.2 Å². The average Bonchev–Trinajstić information content (AvgIpc) is 2.69. The molecule has 0 aromatic heterocycles. The number of ether oxygens (including phenoxy) is 2. The van der Waals surface area contributed by atoms with Crippen molar-refractivity contribution in [1.82, 2.24) is 5.32 Å². The van der Waals surface area contributed by atoms with E-state index in [0.717, 1.165) is 13.0 Å². The van der Waals surface area contributed by atoms with Gasteiger partial charge >= 0.3 is 0 Å². The molecule has 1 N–H and O–H groups in total. The molecule has 0 spiro atoms. The molecule has 0 aliphatic carbocycles. The van der Waals surface area contributed by atoms with Crippen LogP contribution in [0.2, 0.25) is 0 Å². The maximum Gasteiger partial charge on any atom is 0.106 e. The predicted octanol–water partition coefficient (Wildman–Crippen LogP) is 1.46. The summed E-state index contributed by atoms with van der Waals surface area (Å²) in [7, 11) is 0. The Kier molecular flexibility index (Phi) is 5.20. The van der Waals surface area contributed by atoms with Crippen molar-refractivity contribution >= 4 is 0 Å². The number of nitrogens with one attached hydrogen (secondary N) is 1. The molecule has 0 bridgehead atoms. The molecule has 16 heavy (non-hydrogen) atoms. The molecule has 1 saturated heterocycles. The van der Waals surface area contributed by atoms with E-state index >= 15 is 0 Å². The quantitative estimate of drug-likeness (QED) is 0.745. The van der Waals surface area contributed by atoms with Crippen molar-refractivity contribution < 1.29 is 9.47 Å². The summed E-state index contributed by atoms with van der Waals surface area (Å²) in [5, 5.41) is 12.4. The molecule has 4 nitrogen and oxygen atoms in total. The van der Waals surface area contributed by atoms with E-state index in [4.69, 9.17) is 14.7 Å². The van der Waals surface area contributed by atoms with Crippen molar-refractivity contribution in [3.05, 3.63) is 0 Å². The van der Waals surface area contributed by atoms with Gasteiger partial charge in [-0.15, -0.1) is 0 Å². The van der Waals surface area contributed by atoms with Gasteiger partial charge < -0.3 is 9.47 Å². The molecule has 0 radical (unpaired) electrons. The third-order valence-electron chi connectivity index (χ3n) is 2.70. The monoisotopic (exact) mass is 226 g/mol. The molecule has 1 fully saturated rings. The Morgan fingerprint density at radius 2 is 2.38 bits per heavy atom. The number of hydrogen-bond donors (Lipinski definition) is 1. The molecule has 0 saturated carbocycles. The molecule has 0 aromatic rings. The van der Waals surface area contributed by atoms with E-state index in [1.54, 1.807) is 0 Å². The normalized spacial score (nSPS) is 24.3. The second-order valence-corrected chi connectivity index (χ2v) is 4.85. The number of rotatable bonds is 6. The van der Waals surface area contributed by atoms with Crippen LogP contribution in [0.1, 0.15) is 33.6 Å². The highest BCUT2D eigenvalue weighted by molar-refractivity contribution is 5.04. The fraction of sp³-hybridized carbons (Fsp3) is 0.917. The van der Waals surface area contributed by atoms with Gasteiger partial charge in [-0.1, -0.05) is 0 Å². The Labute approximate surface area is 97.9 Å². The van der Waals surface area contributed by atoms with Crippen LogP contribution in [0.4, 0.5) is 0 Å². The molecule has 2 atom stereocenters. The third-order valence-corrected chi connectivity index (χ3v) is 2.70. The molecular formula is C12H22N2O2. The van der Waals surface area contributed by atoms with E-state index in [0.29, 0.717) is 25.7 Å². The highest BCUT2D eigenvalue weighted by Gasteiger charge is 2.25. The maximum atomic E-state index is 9.13. The Hall–Kier alpha value is -0.630. The lowest BCUT2D eigenvalue weighted by Crippen LogP contribution is -2.45. The zero-order chi connectivity index (χ0) is 12.0. The minimum atomic E-state index is -0.492. The van der Waals surface area contributed by atoms with Crippen LogP contribution in [-0.4, -0.2) is 37.5 Å². The van der Waals surface area contributed by atoms with Gasteiger partial charge in [0.05, 0.1) is 18.8 Å². The van der Waals surface area contributed by atoms with E-state index in [1.165, 1.54) is 0 Å². The fourth-order valence-electron chi connectivity index (χ4n) is 1.87. The highest BCUT2D eigenvalue weighted by Crippen LogP contribution is 2.13. The largest absolute Gasteiger partial charge is 0.379 e. The smallest absolute Gasteiger partial charge is 0.106 e. The predicted molar refractivity (Wildman–Crippen MR) is 62.1 cm³/mol. The Bertz CT molecular complexity index is 244. The zero-order valence-corrected chi connectivity index (χ0v) is 10.5. The number of hydrogen-bond acceptors (Lipinski definition) is 4. The lowest BCUT2D eigenvalue weighted by atomic mass is 9.99. The van der Waals surface area contributed by atoms with Gasteiger partial charge in [0.25, 0.3) is 0 Å². The van der Waals surface area contributed by atoms with Crippen molar-refractivity contribution in [3.63, 3.8) is 0 Å². The summed E-state index contributed by atoms with van der Waals surface area (Å²) in [6.45, 7) is 8.10. The van der Waals surface area contributed by atoms with Crippen molar-refractivity contribution in [3.8, 4) is 6.07 Å². The van der Waals surface area contributed by atoms with Crippen LogP contribution in [0, 0.1) is 11.3 Å². The van der Waals surface area contributed by atoms with Crippen LogP contribution in [0.5, 0.6) is 0 Å². The first-order valence-electron chi connectivity index (χ1n) is 5.94. The van der Waals surface area contributed by atoms with E-state index in [9.17, 15) is 0 Å². The molecule has 1 rings (SSSR count). The zero-order valence-electron chi connectivity index (χ0n) is 10.5. The van der Waals surface area contributed by atoms with Crippen molar-refractivity contribution in [2.45, 2.75) is 51.3 Å². The van der Waals surface area contributed by atoms with Gasteiger partial charge in [-0.25, -0.2) is 0 Å². The first kappa shape index (κ1) is 13.4. The summed E-state index contributed by atoms with van der Waals surface area (Å²) < 4.78 is 10.9. The van der Waals surface area contributed by atoms with E-state index in [2.05, 4.69) is 11.4 Å². The number of nitriles is 1. The van der Waals surface area contributed by atoms with Crippen LogP contribution < -0.4 is 5.32 Å². The first-order valence-corrected chi connectivity index (χ1v) is 5.94. The molecule has 0 amide bonds. The minimum Gasteiger partial charge on any atom is -0.379 e. The first-order chi connectivity index (χ1) is 7.56. The molecule has 4 heteroatoms. The average molecular weight is 226 g/mol. The van der Waals surface area contributed by atoms with Gasteiger partial charge in [0.1, 0.15) is 5.54 Å². The second-order valence-electron chi connectivity index (χ2n) is 4.85. The summed E-state index contributed by atoms with van der Waals surface area (Å²) >= 11 is 0. The highest BCUT2D eigenvalue weighted by atomic mass is 16.5. The van der Waals surface area contributed by atoms with Gasteiger partial charge in [0.15, 0.2) is 0 Å². The van der Waals surface area contributed by atoms with Crippen molar-refractivity contribution in [2.24, 2.45) is 0 Å². The van der Waals surface area contributed by atoms with Crippen LogP contribution in [-0.2, 0) is 9.47 Å². The summed E-state index contributed by atoms with van der Waals surface area (Å²) in [6, 6.07) is 2.62. The molecule has 92 valence electrons. The fourth-order valence-corrected chi connectivity index (χ4v) is 1.87. The van der Waals surface area contributed by atoms with E-state index in [-0.39, 0.29) is 6.10 Å². The molecule has 1 heterocycles. The topological polar surface area (TPSA) is 54.3 Å². The second kappa shape index (κ2) is 6.19. The molecule has 2 unspecified atom stereocenters. The van der Waals surface area contributed by atoms with Crippen molar-refractivity contribution in [1.29, 1.82) is 5.26 Å². The van der Waals surface area contributed by atoms with Crippen LogP contribution in [0.3, 0.4) is 0 Å². The van der Waals surface area contributed by atoms with Gasteiger partial charge in [0.2, 0.25) is 0 Å². The summed E-state index contributed by atoms with van der Waals surface area (Å²) in [6.07, 6.45) is 1.90. The lowest BCUT2D eigenvalue weighted by Gasteiger charge is -2.26. The molecule has 0 aromatic carbocycles. The Balaban J connectivity index is 2.25. The van der Waals surface area contributed by atoms with Crippen LogP contribution in [0.25, 0.3) is 0 Å². The molecule has 1 aliphatic rings.